The lowest BCUT2D eigenvalue weighted by molar-refractivity contribution is -0.348. The summed E-state index contributed by atoms with van der Waals surface area (Å²) in [7, 11) is -0.738. The molecule has 2 aliphatic rings. The van der Waals surface area contributed by atoms with Crippen LogP contribution in [-0.2, 0) is 35.5 Å². The van der Waals surface area contributed by atoms with Crippen molar-refractivity contribution in [3.8, 4) is 0 Å². The molecule has 4 rings (SSSR count). The zero-order valence-electron chi connectivity index (χ0n) is 23.3. The number of carboxylic acids is 1. The number of alkyl halides is 7. The van der Waals surface area contributed by atoms with E-state index >= 15 is 0 Å². The summed E-state index contributed by atoms with van der Waals surface area (Å²) in [6.45, 7) is -0.341. The van der Waals surface area contributed by atoms with Crippen LogP contribution in [0.4, 0.5) is 35.1 Å². The van der Waals surface area contributed by atoms with Crippen LogP contribution in [0.15, 0.2) is 53.4 Å². The first-order chi connectivity index (χ1) is 20.4. The van der Waals surface area contributed by atoms with E-state index in [1.54, 1.807) is 0 Å². The van der Waals surface area contributed by atoms with Gasteiger partial charge < -0.3 is 14.7 Å². The summed E-state index contributed by atoms with van der Waals surface area (Å²) < 4.78 is 126. The molecule has 242 valence electrons. The third-order valence-electron chi connectivity index (χ3n) is 8.66. The third-order valence-corrected chi connectivity index (χ3v) is 10.6. The van der Waals surface area contributed by atoms with E-state index in [0.29, 0.717) is 12.1 Å². The standard InChI is InChI=1S/C29H29F8NO5S/c1-43-17-25(12-10-18(11-13-25)23(39)40)24(41)38-15-14-26(16-38,44(42)22-8-6-21(30)7-9-22)19-2-4-20(5-3-19)27(31,28(32,33)34)29(35,36)37/h2-9,18H,10-17H2,1H3,(H,39,40)/t18?,25?,26-,44?/m0/s1. The zero-order chi connectivity index (χ0) is 32.7. The first-order valence-corrected chi connectivity index (χ1v) is 14.7. The second-order valence-corrected chi connectivity index (χ2v) is 13.0. The number of aliphatic carboxylic acids is 1. The van der Waals surface area contributed by atoms with E-state index in [2.05, 4.69) is 0 Å². The Morgan fingerprint density at radius 3 is 1.95 bits per heavy atom. The van der Waals surface area contributed by atoms with Gasteiger partial charge in [0, 0.05) is 30.7 Å². The quantitative estimate of drug-likeness (QED) is 0.340. The van der Waals surface area contributed by atoms with Gasteiger partial charge >= 0.3 is 24.0 Å². The fourth-order valence-electron chi connectivity index (χ4n) is 6.17. The molecule has 1 saturated carbocycles. The summed E-state index contributed by atoms with van der Waals surface area (Å²) in [5, 5.41) is 9.40. The van der Waals surface area contributed by atoms with Gasteiger partial charge in [0.25, 0.3) is 0 Å². The van der Waals surface area contributed by atoms with Crippen molar-refractivity contribution in [3.63, 3.8) is 0 Å². The summed E-state index contributed by atoms with van der Waals surface area (Å²) in [4.78, 5) is 26.9. The van der Waals surface area contributed by atoms with Crippen molar-refractivity contribution >= 4 is 22.7 Å². The van der Waals surface area contributed by atoms with Gasteiger partial charge in [0.2, 0.25) is 5.91 Å². The molecule has 0 aromatic heterocycles. The predicted molar refractivity (Wildman–Crippen MR) is 141 cm³/mol. The Morgan fingerprint density at radius 1 is 0.932 bits per heavy atom. The maximum atomic E-state index is 14.7. The molecular formula is C29H29F8NO5S. The van der Waals surface area contributed by atoms with Gasteiger partial charge in [-0.3, -0.25) is 13.8 Å². The number of likely N-dealkylation sites (tertiary alicyclic amines) is 1. The number of halogens is 8. The molecule has 44 heavy (non-hydrogen) atoms. The van der Waals surface area contributed by atoms with Crippen molar-refractivity contribution in [1.29, 1.82) is 0 Å². The van der Waals surface area contributed by atoms with Crippen LogP contribution in [0.2, 0.25) is 0 Å². The molecule has 6 nitrogen and oxygen atoms in total. The third kappa shape index (κ3) is 5.84. The molecular weight excluding hydrogens is 626 g/mol. The van der Waals surface area contributed by atoms with E-state index in [0.717, 1.165) is 24.3 Å². The maximum Gasteiger partial charge on any atom is 0.435 e. The number of nitrogens with zero attached hydrogens (tertiary/aromatic N) is 1. The molecule has 2 aromatic carbocycles. The minimum atomic E-state index is -6.33. The van der Waals surface area contributed by atoms with Crippen LogP contribution < -0.4 is 0 Å². The van der Waals surface area contributed by atoms with Gasteiger partial charge in [-0.05, 0) is 61.9 Å². The van der Waals surface area contributed by atoms with Gasteiger partial charge in [0.05, 0.1) is 33.5 Å². The van der Waals surface area contributed by atoms with Gasteiger partial charge in [-0.25, -0.2) is 8.78 Å². The van der Waals surface area contributed by atoms with Crippen molar-refractivity contribution in [3.05, 3.63) is 65.5 Å². The molecule has 1 aliphatic carbocycles. The Balaban J connectivity index is 1.74. The normalized spacial score (nSPS) is 25.6. The molecule has 0 radical (unpaired) electrons. The average Bonchev–Trinajstić information content (AvgIpc) is 3.42. The zero-order valence-corrected chi connectivity index (χ0v) is 24.1. The number of ether oxygens (including phenoxy) is 1. The summed E-state index contributed by atoms with van der Waals surface area (Å²) in [6, 6.07) is 6.82. The van der Waals surface area contributed by atoms with Crippen LogP contribution in [0.5, 0.6) is 0 Å². The topological polar surface area (TPSA) is 83.9 Å². The molecule has 1 heterocycles. The van der Waals surface area contributed by atoms with Crippen LogP contribution in [0.3, 0.4) is 0 Å². The molecule has 0 spiro atoms. The second-order valence-electron chi connectivity index (χ2n) is 11.3. The van der Waals surface area contributed by atoms with Crippen LogP contribution in [0, 0.1) is 17.2 Å². The Hall–Kier alpha value is -3.07. The predicted octanol–water partition coefficient (Wildman–Crippen LogP) is 6.26. The molecule has 2 fully saturated rings. The van der Waals surface area contributed by atoms with Crippen LogP contribution in [-0.4, -0.2) is 65.3 Å². The van der Waals surface area contributed by atoms with Crippen molar-refractivity contribution in [2.75, 3.05) is 26.8 Å². The first kappa shape index (κ1) is 33.8. The van der Waals surface area contributed by atoms with E-state index in [9.17, 15) is 54.0 Å². The van der Waals surface area contributed by atoms with Crippen molar-refractivity contribution < 1.29 is 58.8 Å². The van der Waals surface area contributed by atoms with E-state index in [-0.39, 0.29) is 62.3 Å². The molecule has 2 atom stereocenters. The van der Waals surface area contributed by atoms with E-state index in [1.165, 1.54) is 24.1 Å². The molecule has 15 heteroatoms. The number of methoxy groups -OCH3 is 1. The number of hydrogen-bond acceptors (Lipinski definition) is 4. The van der Waals surface area contributed by atoms with Crippen LogP contribution in [0.1, 0.15) is 43.2 Å². The van der Waals surface area contributed by atoms with Crippen LogP contribution in [0.25, 0.3) is 0 Å². The molecule has 1 saturated heterocycles. The average molecular weight is 656 g/mol. The van der Waals surface area contributed by atoms with E-state index in [1.807, 2.05) is 0 Å². The highest BCUT2D eigenvalue weighted by atomic mass is 32.2. The van der Waals surface area contributed by atoms with E-state index in [4.69, 9.17) is 4.74 Å². The number of hydrogen-bond donors (Lipinski definition) is 1. The molecule has 1 aliphatic heterocycles. The van der Waals surface area contributed by atoms with Gasteiger partial charge in [0.15, 0.2) is 0 Å². The molecule has 2 aromatic rings. The van der Waals surface area contributed by atoms with Crippen molar-refractivity contribution in [1.82, 2.24) is 4.90 Å². The summed E-state index contributed by atoms with van der Waals surface area (Å²) in [5.41, 5.74) is -8.50. The maximum absolute atomic E-state index is 14.7. The summed E-state index contributed by atoms with van der Waals surface area (Å²) in [6.07, 6.45) is -11.9. The Kier molecular flexibility index (Phi) is 9.24. The minimum Gasteiger partial charge on any atom is -0.481 e. The number of rotatable bonds is 8. The Labute approximate surface area is 249 Å². The number of carbonyl (C=O) groups is 2. The fourth-order valence-corrected chi connectivity index (χ4v) is 7.91. The second kappa shape index (κ2) is 12.0. The van der Waals surface area contributed by atoms with Gasteiger partial charge in [-0.1, -0.05) is 24.3 Å². The molecule has 0 bridgehead atoms. The smallest absolute Gasteiger partial charge is 0.435 e. The lowest BCUT2D eigenvalue weighted by Gasteiger charge is -2.40. The molecule has 1 unspecified atom stereocenters. The highest BCUT2D eigenvalue weighted by Crippen LogP contribution is 2.54. The number of benzene rings is 2. The lowest BCUT2D eigenvalue weighted by Crippen LogP contribution is -2.50. The van der Waals surface area contributed by atoms with Crippen molar-refractivity contribution in [2.45, 2.75) is 59.8 Å². The minimum absolute atomic E-state index is 0.0127. The summed E-state index contributed by atoms with van der Waals surface area (Å²) in [5.74, 6) is -2.71. The highest BCUT2D eigenvalue weighted by Gasteiger charge is 2.73. The molecule has 1 N–H and O–H groups in total. The lowest BCUT2D eigenvalue weighted by atomic mass is 9.70. The number of carbonyl (C=O) groups excluding carboxylic acids is 1. The highest BCUT2D eigenvalue weighted by molar-refractivity contribution is 7.86. The fraction of sp³-hybridized carbons (Fsp3) is 0.517. The van der Waals surface area contributed by atoms with Gasteiger partial charge in [0.1, 0.15) is 5.82 Å². The summed E-state index contributed by atoms with van der Waals surface area (Å²) >= 11 is 0. The van der Waals surface area contributed by atoms with Gasteiger partial charge in [-0.15, -0.1) is 0 Å². The first-order valence-electron chi connectivity index (χ1n) is 13.5. The SMILES string of the molecule is COCC1(C(=O)N2CC[C@](c3ccc(C(F)(C(F)(F)F)C(F)(F)F)cc3)(S(=O)c3ccc(F)cc3)C2)CCC(C(=O)O)CC1. The Morgan fingerprint density at radius 2 is 1.48 bits per heavy atom. The number of carboxylic acid groups (broad SMARTS) is 1. The largest absolute Gasteiger partial charge is 0.481 e. The molecule has 1 amide bonds. The Bertz CT molecular complexity index is 1370. The van der Waals surface area contributed by atoms with Crippen LogP contribution >= 0.6 is 0 Å². The van der Waals surface area contributed by atoms with Gasteiger partial charge in [-0.2, -0.15) is 26.3 Å². The van der Waals surface area contributed by atoms with Crippen molar-refractivity contribution in [2.24, 2.45) is 11.3 Å². The monoisotopic (exact) mass is 655 g/mol. The number of amides is 1. The van der Waals surface area contributed by atoms with E-state index < -0.39 is 68.2 Å².